The lowest BCUT2D eigenvalue weighted by Crippen LogP contribution is -2.30. The van der Waals surface area contributed by atoms with Crippen molar-refractivity contribution in [1.82, 2.24) is 5.43 Å². The minimum absolute atomic E-state index is 0.182. The van der Waals surface area contributed by atoms with Gasteiger partial charge in [-0.05, 0) is 25.1 Å². The van der Waals surface area contributed by atoms with Crippen LogP contribution in [0, 0.1) is 18.6 Å². The Bertz CT molecular complexity index is 617. The normalized spacial score (nSPS) is 12.2. The minimum atomic E-state index is -0.828. The van der Waals surface area contributed by atoms with E-state index in [0.717, 1.165) is 5.56 Å². The largest absolute Gasteiger partial charge is 0.496 e. The molecule has 0 radical (unpaired) electrons. The van der Waals surface area contributed by atoms with E-state index in [2.05, 4.69) is 5.43 Å². The van der Waals surface area contributed by atoms with E-state index in [4.69, 9.17) is 10.6 Å². The summed E-state index contributed by atoms with van der Waals surface area (Å²) < 4.78 is 33.2. The number of nitrogens with two attached hydrogens (primary N) is 1. The van der Waals surface area contributed by atoms with Crippen molar-refractivity contribution in [3.63, 3.8) is 0 Å². The van der Waals surface area contributed by atoms with Gasteiger partial charge in [-0.15, -0.1) is 0 Å². The second-order valence-corrected chi connectivity index (χ2v) is 4.48. The summed E-state index contributed by atoms with van der Waals surface area (Å²) in [6, 6.07) is 8.20. The molecule has 3 nitrogen and oxygen atoms in total. The van der Waals surface area contributed by atoms with Crippen LogP contribution in [0.1, 0.15) is 22.7 Å². The molecule has 0 amide bonds. The van der Waals surface area contributed by atoms with Gasteiger partial charge >= 0.3 is 0 Å². The van der Waals surface area contributed by atoms with Gasteiger partial charge in [0.05, 0.1) is 18.7 Å². The first-order valence-electron chi connectivity index (χ1n) is 6.13. The molecule has 0 aliphatic heterocycles. The molecule has 0 fully saturated rings. The second kappa shape index (κ2) is 5.98. The van der Waals surface area contributed by atoms with Crippen molar-refractivity contribution < 1.29 is 13.5 Å². The second-order valence-electron chi connectivity index (χ2n) is 4.48. The summed E-state index contributed by atoms with van der Waals surface area (Å²) in [7, 11) is 1.43. The monoisotopic (exact) mass is 278 g/mol. The third-order valence-corrected chi connectivity index (χ3v) is 3.15. The Morgan fingerprint density at radius 2 is 1.90 bits per heavy atom. The van der Waals surface area contributed by atoms with E-state index >= 15 is 0 Å². The Labute approximate surface area is 116 Å². The van der Waals surface area contributed by atoms with Crippen LogP contribution >= 0.6 is 0 Å². The highest BCUT2D eigenvalue weighted by Gasteiger charge is 2.23. The van der Waals surface area contributed by atoms with Gasteiger partial charge in [0.15, 0.2) is 0 Å². The molecule has 3 N–H and O–H groups in total. The fourth-order valence-electron chi connectivity index (χ4n) is 2.19. The highest BCUT2D eigenvalue weighted by molar-refractivity contribution is 5.43. The maximum Gasteiger partial charge on any atom is 0.132 e. The lowest BCUT2D eigenvalue weighted by atomic mass is 9.96. The maximum absolute atomic E-state index is 14.1. The molecule has 106 valence electrons. The minimum Gasteiger partial charge on any atom is -0.496 e. The first-order chi connectivity index (χ1) is 9.58. The summed E-state index contributed by atoms with van der Waals surface area (Å²) in [5.41, 5.74) is 3.77. The molecular formula is C15H16F2N2O. The lowest BCUT2D eigenvalue weighted by Gasteiger charge is -2.21. The van der Waals surface area contributed by atoms with Crippen LogP contribution < -0.4 is 16.0 Å². The lowest BCUT2D eigenvalue weighted by molar-refractivity contribution is 0.396. The predicted octanol–water partition coefficient (Wildman–Crippen LogP) is 2.83. The van der Waals surface area contributed by atoms with E-state index in [0.29, 0.717) is 5.75 Å². The summed E-state index contributed by atoms with van der Waals surface area (Å²) in [5, 5.41) is 0. The number of hydrogen-bond donors (Lipinski definition) is 2. The van der Waals surface area contributed by atoms with Gasteiger partial charge in [0.1, 0.15) is 17.4 Å². The number of benzene rings is 2. The number of rotatable bonds is 4. The molecule has 0 heterocycles. The van der Waals surface area contributed by atoms with Crippen LogP contribution in [0.4, 0.5) is 8.78 Å². The molecule has 1 atom stereocenters. The smallest absolute Gasteiger partial charge is 0.132 e. The molecule has 0 aromatic heterocycles. The molecule has 20 heavy (non-hydrogen) atoms. The topological polar surface area (TPSA) is 47.3 Å². The van der Waals surface area contributed by atoms with E-state index < -0.39 is 17.7 Å². The quantitative estimate of drug-likeness (QED) is 0.668. The van der Waals surface area contributed by atoms with Crippen molar-refractivity contribution in [2.45, 2.75) is 13.0 Å². The summed E-state index contributed by atoms with van der Waals surface area (Å²) in [4.78, 5) is 0. The molecule has 0 saturated heterocycles. The Hall–Kier alpha value is -1.98. The van der Waals surface area contributed by atoms with Crippen LogP contribution in [0.5, 0.6) is 5.75 Å². The van der Waals surface area contributed by atoms with Crippen molar-refractivity contribution in [3.05, 3.63) is 64.7 Å². The molecule has 0 saturated carbocycles. The highest BCUT2D eigenvalue weighted by atomic mass is 19.1. The number of aryl methyl sites for hydroxylation is 1. The first-order valence-corrected chi connectivity index (χ1v) is 6.13. The fourth-order valence-corrected chi connectivity index (χ4v) is 2.19. The van der Waals surface area contributed by atoms with E-state index in [1.807, 2.05) is 6.92 Å². The van der Waals surface area contributed by atoms with E-state index in [9.17, 15) is 8.78 Å². The number of methoxy groups -OCH3 is 1. The van der Waals surface area contributed by atoms with Gasteiger partial charge in [0.2, 0.25) is 0 Å². The molecule has 5 heteroatoms. The van der Waals surface area contributed by atoms with Crippen LogP contribution in [0.25, 0.3) is 0 Å². The van der Waals surface area contributed by atoms with Crippen molar-refractivity contribution in [2.24, 2.45) is 5.84 Å². The molecule has 2 rings (SSSR count). The summed E-state index contributed by atoms with van der Waals surface area (Å²) in [5.74, 6) is 4.86. The highest BCUT2D eigenvalue weighted by Crippen LogP contribution is 2.33. The number of ether oxygens (including phenoxy) is 1. The Kier molecular flexibility index (Phi) is 4.32. The summed E-state index contributed by atoms with van der Waals surface area (Å²) in [6.45, 7) is 1.83. The maximum atomic E-state index is 14.1. The Morgan fingerprint density at radius 3 is 2.55 bits per heavy atom. The predicted molar refractivity (Wildman–Crippen MR) is 73.3 cm³/mol. The standard InChI is InChI=1S/C15H16F2N2O/c1-9-6-7-11(16)10(8-9)15(19-18)14-12(17)4-3-5-13(14)20-2/h3-8,15,19H,18H2,1-2H3. The molecule has 0 aliphatic rings. The zero-order chi connectivity index (χ0) is 14.7. The van der Waals surface area contributed by atoms with Crippen molar-refractivity contribution >= 4 is 0 Å². The molecule has 2 aromatic rings. The van der Waals surface area contributed by atoms with Gasteiger partial charge < -0.3 is 4.74 Å². The van der Waals surface area contributed by atoms with Crippen molar-refractivity contribution in [1.29, 1.82) is 0 Å². The molecule has 0 aliphatic carbocycles. The summed E-state index contributed by atoms with van der Waals surface area (Å²) in [6.07, 6.45) is 0. The van der Waals surface area contributed by atoms with Gasteiger partial charge in [0, 0.05) is 5.56 Å². The van der Waals surface area contributed by atoms with Gasteiger partial charge in [-0.2, -0.15) is 0 Å². The average Bonchev–Trinajstić information content (AvgIpc) is 2.44. The zero-order valence-corrected chi connectivity index (χ0v) is 11.3. The number of hydrogen-bond acceptors (Lipinski definition) is 3. The average molecular weight is 278 g/mol. The molecular weight excluding hydrogens is 262 g/mol. The van der Waals surface area contributed by atoms with Gasteiger partial charge in [0.25, 0.3) is 0 Å². The van der Waals surface area contributed by atoms with Gasteiger partial charge in [-0.1, -0.05) is 23.8 Å². The third kappa shape index (κ3) is 2.64. The van der Waals surface area contributed by atoms with Crippen LogP contribution in [-0.2, 0) is 0 Å². The van der Waals surface area contributed by atoms with Crippen LogP contribution in [0.15, 0.2) is 36.4 Å². The number of hydrazine groups is 1. The van der Waals surface area contributed by atoms with Gasteiger partial charge in [-0.3, -0.25) is 5.84 Å². The van der Waals surface area contributed by atoms with Gasteiger partial charge in [-0.25, -0.2) is 14.2 Å². The van der Waals surface area contributed by atoms with E-state index in [1.54, 1.807) is 18.2 Å². The van der Waals surface area contributed by atoms with Crippen LogP contribution in [0.3, 0.4) is 0 Å². The number of nitrogens with one attached hydrogen (secondary N) is 1. The fraction of sp³-hybridized carbons (Fsp3) is 0.200. The van der Waals surface area contributed by atoms with E-state index in [1.165, 1.54) is 25.3 Å². The Morgan fingerprint density at radius 1 is 1.15 bits per heavy atom. The molecule has 1 unspecified atom stereocenters. The van der Waals surface area contributed by atoms with Crippen molar-refractivity contribution in [2.75, 3.05) is 7.11 Å². The molecule has 0 spiro atoms. The van der Waals surface area contributed by atoms with E-state index in [-0.39, 0.29) is 11.1 Å². The summed E-state index contributed by atoms with van der Waals surface area (Å²) >= 11 is 0. The molecule has 0 bridgehead atoms. The molecule has 2 aromatic carbocycles. The van der Waals surface area contributed by atoms with Crippen LogP contribution in [-0.4, -0.2) is 7.11 Å². The van der Waals surface area contributed by atoms with Crippen molar-refractivity contribution in [3.8, 4) is 5.75 Å². The number of halogens is 2. The zero-order valence-electron chi connectivity index (χ0n) is 11.3. The van der Waals surface area contributed by atoms with Crippen LogP contribution in [0.2, 0.25) is 0 Å². The third-order valence-electron chi connectivity index (χ3n) is 3.15. The Balaban J connectivity index is 2.61. The first kappa shape index (κ1) is 14.4. The SMILES string of the molecule is COc1cccc(F)c1C(NN)c1cc(C)ccc1F.